The molecule has 14 heavy (non-hydrogen) atoms. The first-order chi connectivity index (χ1) is 6.90. The van der Waals surface area contributed by atoms with Gasteiger partial charge in [0.2, 0.25) is 0 Å². The third kappa shape index (κ3) is 2.66. The average molecular weight is 213 g/mol. The fourth-order valence-electron chi connectivity index (χ4n) is 3.14. The summed E-state index contributed by atoms with van der Waals surface area (Å²) in [6, 6.07) is 0. The summed E-state index contributed by atoms with van der Waals surface area (Å²) in [5, 5.41) is 0. The second-order valence-electron chi connectivity index (χ2n) is 4.99. The molecule has 1 saturated heterocycles. The number of thiol groups is 1. The Labute approximate surface area is 93.7 Å². The number of nitrogens with zero attached hydrogens (tertiary/aromatic N) is 1. The van der Waals surface area contributed by atoms with Crippen molar-refractivity contribution in [3.8, 4) is 0 Å². The van der Waals surface area contributed by atoms with Gasteiger partial charge in [0.15, 0.2) is 0 Å². The van der Waals surface area contributed by atoms with Gasteiger partial charge < -0.3 is 4.90 Å². The van der Waals surface area contributed by atoms with E-state index in [4.69, 9.17) is 0 Å². The third-order valence-corrected chi connectivity index (χ3v) is 4.25. The summed E-state index contributed by atoms with van der Waals surface area (Å²) in [5.41, 5.74) is 0. The van der Waals surface area contributed by atoms with E-state index in [1.807, 2.05) is 0 Å². The summed E-state index contributed by atoms with van der Waals surface area (Å²) in [6.07, 6.45) is 8.58. The molecule has 0 aromatic heterocycles. The van der Waals surface area contributed by atoms with Crippen molar-refractivity contribution < 1.29 is 0 Å². The molecule has 1 nitrogen and oxygen atoms in total. The van der Waals surface area contributed by atoms with E-state index in [2.05, 4.69) is 17.5 Å². The van der Waals surface area contributed by atoms with Gasteiger partial charge in [-0.15, -0.1) is 0 Å². The SMILES string of the molecule is SCCCCCN1CC2CCCC2C1. The molecule has 0 N–H and O–H groups in total. The van der Waals surface area contributed by atoms with Crippen molar-refractivity contribution in [1.29, 1.82) is 0 Å². The van der Waals surface area contributed by atoms with Crippen LogP contribution in [0.15, 0.2) is 0 Å². The van der Waals surface area contributed by atoms with Crippen molar-refractivity contribution in [1.82, 2.24) is 4.90 Å². The molecule has 1 aliphatic carbocycles. The van der Waals surface area contributed by atoms with E-state index >= 15 is 0 Å². The van der Waals surface area contributed by atoms with Crippen LogP contribution in [-0.2, 0) is 0 Å². The normalized spacial score (nSPS) is 32.4. The standard InChI is InChI=1S/C12H23NS/c14-8-3-1-2-7-13-9-11-5-4-6-12(11)10-13/h11-12,14H,1-10H2. The molecular formula is C12H23NS. The van der Waals surface area contributed by atoms with Crippen LogP contribution >= 0.6 is 12.6 Å². The fraction of sp³-hybridized carbons (Fsp3) is 1.00. The first kappa shape index (κ1) is 10.8. The van der Waals surface area contributed by atoms with E-state index in [9.17, 15) is 0 Å². The van der Waals surface area contributed by atoms with Crippen molar-refractivity contribution in [2.45, 2.75) is 38.5 Å². The van der Waals surface area contributed by atoms with Gasteiger partial charge in [0.05, 0.1) is 0 Å². The molecule has 0 radical (unpaired) electrons. The van der Waals surface area contributed by atoms with Crippen LogP contribution in [0.25, 0.3) is 0 Å². The highest BCUT2D eigenvalue weighted by Crippen LogP contribution is 2.37. The second-order valence-corrected chi connectivity index (χ2v) is 5.44. The largest absolute Gasteiger partial charge is 0.303 e. The summed E-state index contributed by atoms with van der Waals surface area (Å²) in [6.45, 7) is 4.16. The lowest BCUT2D eigenvalue weighted by Crippen LogP contribution is -2.22. The van der Waals surface area contributed by atoms with Gasteiger partial charge in [-0.2, -0.15) is 12.6 Å². The lowest BCUT2D eigenvalue weighted by Gasteiger charge is -2.16. The topological polar surface area (TPSA) is 3.24 Å². The number of hydrogen-bond donors (Lipinski definition) is 1. The lowest BCUT2D eigenvalue weighted by atomic mass is 10.0. The molecule has 0 aromatic carbocycles. The summed E-state index contributed by atoms with van der Waals surface area (Å²) in [4.78, 5) is 2.70. The van der Waals surface area contributed by atoms with Gasteiger partial charge >= 0.3 is 0 Å². The molecule has 0 amide bonds. The maximum atomic E-state index is 4.24. The molecule has 1 saturated carbocycles. The first-order valence-electron chi connectivity index (χ1n) is 6.23. The van der Waals surface area contributed by atoms with Crippen LogP contribution < -0.4 is 0 Å². The molecule has 0 spiro atoms. The molecule has 1 aliphatic heterocycles. The molecule has 0 bridgehead atoms. The Morgan fingerprint density at radius 2 is 1.71 bits per heavy atom. The number of fused-ring (bicyclic) bond motifs is 1. The molecule has 2 fully saturated rings. The highest BCUT2D eigenvalue weighted by molar-refractivity contribution is 7.80. The van der Waals surface area contributed by atoms with Crippen LogP contribution in [0, 0.1) is 11.8 Å². The lowest BCUT2D eigenvalue weighted by molar-refractivity contribution is 0.304. The maximum Gasteiger partial charge on any atom is 0.00129 e. The molecule has 2 heteroatoms. The van der Waals surface area contributed by atoms with E-state index in [1.54, 1.807) is 0 Å². The Morgan fingerprint density at radius 1 is 1.00 bits per heavy atom. The van der Waals surface area contributed by atoms with Gasteiger partial charge in [-0.05, 0) is 49.8 Å². The number of likely N-dealkylation sites (tertiary alicyclic amines) is 1. The first-order valence-corrected chi connectivity index (χ1v) is 6.86. The quantitative estimate of drug-likeness (QED) is 0.543. The Balaban J connectivity index is 1.60. The highest BCUT2D eigenvalue weighted by Gasteiger charge is 2.35. The number of rotatable bonds is 5. The fourth-order valence-corrected chi connectivity index (χ4v) is 3.36. The summed E-state index contributed by atoms with van der Waals surface area (Å²) in [7, 11) is 0. The van der Waals surface area contributed by atoms with Crippen LogP contribution in [0.1, 0.15) is 38.5 Å². The van der Waals surface area contributed by atoms with Crippen molar-refractivity contribution in [2.75, 3.05) is 25.4 Å². The molecular weight excluding hydrogens is 190 g/mol. The molecule has 2 atom stereocenters. The van der Waals surface area contributed by atoms with E-state index in [0.717, 1.165) is 17.6 Å². The number of hydrogen-bond acceptors (Lipinski definition) is 2. The van der Waals surface area contributed by atoms with Crippen molar-refractivity contribution in [3.63, 3.8) is 0 Å². The zero-order valence-electron chi connectivity index (χ0n) is 9.12. The van der Waals surface area contributed by atoms with E-state index in [-0.39, 0.29) is 0 Å². The zero-order chi connectivity index (χ0) is 9.80. The molecule has 2 aliphatic rings. The minimum Gasteiger partial charge on any atom is -0.303 e. The summed E-state index contributed by atoms with van der Waals surface area (Å²) >= 11 is 4.24. The van der Waals surface area contributed by atoms with Crippen molar-refractivity contribution in [2.24, 2.45) is 11.8 Å². The minimum atomic E-state index is 1.06. The molecule has 0 aromatic rings. The summed E-state index contributed by atoms with van der Waals surface area (Å²) < 4.78 is 0. The van der Waals surface area contributed by atoms with E-state index in [0.29, 0.717) is 0 Å². The van der Waals surface area contributed by atoms with E-state index in [1.165, 1.54) is 58.2 Å². The van der Waals surface area contributed by atoms with Gasteiger partial charge in [-0.1, -0.05) is 12.8 Å². The molecule has 82 valence electrons. The second kappa shape index (κ2) is 5.41. The van der Waals surface area contributed by atoms with Crippen molar-refractivity contribution >= 4 is 12.6 Å². The zero-order valence-corrected chi connectivity index (χ0v) is 10.0. The third-order valence-electron chi connectivity index (χ3n) is 3.93. The van der Waals surface area contributed by atoms with Crippen LogP contribution in [0.2, 0.25) is 0 Å². The summed E-state index contributed by atoms with van der Waals surface area (Å²) in [5.74, 6) is 3.20. The predicted molar refractivity (Wildman–Crippen MR) is 65.0 cm³/mol. The predicted octanol–water partition coefficient (Wildman–Crippen LogP) is 2.82. The van der Waals surface area contributed by atoms with Crippen LogP contribution in [0.3, 0.4) is 0 Å². The maximum absolute atomic E-state index is 4.24. The molecule has 1 heterocycles. The Kier molecular flexibility index (Phi) is 4.18. The molecule has 2 unspecified atom stereocenters. The van der Waals surface area contributed by atoms with Gasteiger partial charge in [-0.25, -0.2) is 0 Å². The average Bonchev–Trinajstić information content (AvgIpc) is 2.72. The van der Waals surface area contributed by atoms with Gasteiger partial charge in [0.1, 0.15) is 0 Å². The van der Waals surface area contributed by atoms with Gasteiger partial charge in [-0.3, -0.25) is 0 Å². The van der Waals surface area contributed by atoms with Crippen LogP contribution in [-0.4, -0.2) is 30.3 Å². The molecule has 2 rings (SSSR count). The number of unbranched alkanes of at least 4 members (excludes halogenated alkanes) is 2. The smallest absolute Gasteiger partial charge is 0.00129 e. The highest BCUT2D eigenvalue weighted by atomic mass is 32.1. The Morgan fingerprint density at radius 3 is 2.36 bits per heavy atom. The van der Waals surface area contributed by atoms with Crippen molar-refractivity contribution in [3.05, 3.63) is 0 Å². The van der Waals surface area contributed by atoms with Gasteiger partial charge in [0, 0.05) is 13.1 Å². The Bertz CT molecular complexity index is 160. The minimum absolute atomic E-state index is 1.06. The van der Waals surface area contributed by atoms with Crippen LogP contribution in [0.5, 0.6) is 0 Å². The van der Waals surface area contributed by atoms with Crippen LogP contribution in [0.4, 0.5) is 0 Å². The Hall–Kier alpha value is 0.310. The van der Waals surface area contributed by atoms with E-state index < -0.39 is 0 Å². The monoisotopic (exact) mass is 213 g/mol. The van der Waals surface area contributed by atoms with Gasteiger partial charge in [0.25, 0.3) is 0 Å².